The van der Waals surface area contributed by atoms with Crippen LogP contribution in [0.15, 0.2) is 29.2 Å². The first-order valence-electron chi connectivity index (χ1n) is 7.09. The molecule has 2 aromatic rings. The van der Waals surface area contributed by atoms with Crippen molar-refractivity contribution >= 4 is 21.7 Å². The van der Waals surface area contributed by atoms with Crippen molar-refractivity contribution in [1.82, 2.24) is 14.1 Å². The molecule has 0 unspecified atom stereocenters. The van der Waals surface area contributed by atoms with E-state index in [1.807, 2.05) is 6.92 Å². The number of aryl methyl sites for hydroxylation is 2. The maximum atomic E-state index is 12.4. The third-order valence-corrected chi connectivity index (χ3v) is 5.26. The number of carbonyl (C=O) groups is 1. The van der Waals surface area contributed by atoms with Gasteiger partial charge in [0, 0.05) is 32.8 Å². The summed E-state index contributed by atoms with van der Waals surface area (Å²) in [7, 11) is 2.18. The van der Waals surface area contributed by atoms with Crippen LogP contribution in [0.4, 0.5) is 5.82 Å². The number of ether oxygens (including phenoxy) is 1. The Hall–Kier alpha value is -2.39. The molecule has 0 saturated heterocycles. The van der Waals surface area contributed by atoms with Crippen LogP contribution < -0.4 is 10.1 Å². The molecule has 9 heteroatoms. The predicted molar refractivity (Wildman–Crippen MR) is 89.8 cm³/mol. The molecule has 0 aliphatic heterocycles. The highest BCUT2D eigenvalue weighted by molar-refractivity contribution is 7.89. The largest absolute Gasteiger partial charge is 0.495 e. The second kappa shape index (κ2) is 6.62. The smallest absolute Gasteiger partial charge is 0.256 e. The van der Waals surface area contributed by atoms with Crippen molar-refractivity contribution < 1.29 is 17.9 Å². The van der Waals surface area contributed by atoms with Gasteiger partial charge in [-0.2, -0.15) is 5.10 Å². The van der Waals surface area contributed by atoms with Gasteiger partial charge in [-0.05, 0) is 25.1 Å². The second-order valence-electron chi connectivity index (χ2n) is 5.40. The van der Waals surface area contributed by atoms with Gasteiger partial charge in [-0.15, -0.1) is 0 Å². The Labute approximate surface area is 141 Å². The van der Waals surface area contributed by atoms with Crippen LogP contribution in [0.3, 0.4) is 0 Å². The number of amides is 1. The minimum atomic E-state index is -3.74. The Kier molecular flexibility index (Phi) is 4.95. The zero-order valence-electron chi connectivity index (χ0n) is 14.2. The van der Waals surface area contributed by atoms with Crippen LogP contribution in [0.2, 0.25) is 0 Å². The van der Waals surface area contributed by atoms with Gasteiger partial charge in [0.15, 0.2) is 0 Å². The molecule has 1 N–H and O–H groups in total. The Morgan fingerprint density at radius 2 is 1.96 bits per heavy atom. The average Bonchev–Trinajstić information content (AvgIpc) is 2.83. The number of aromatic nitrogens is 2. The number of benzene rings is 1. The van der Waals surface area contributed by atoms with E-state index in [0.717, 1.165) is 10.00 Å². The molecule has 1 aromatic heterocycles. The number of hydrogen-bond donors (Lipinski definition) is 1. The molecule has 0 fully saturated rings. The molecule has 0 radical (unpaired) electrons. The predicted octanol–water partition coefficient (Wildman–Crippen LogP) is 1.24. The number of nitrogens with one attached hydrogen (secondary N) is 1. The van der Waals surface area contributed by atoms with E-state index in [0.29, 0.717) is 5.82 Å². The summed E-state index contributed by atoms with van der Waals surface area (Å²) in [6, 6.07) is 5.98. The third kappa shape index (κ3) is 3.41. The van der Waals surface area contributed by atoms with E-state index in [1.165, 1.54) is 44.1 Å². The normalized spacial score (nSPS) is 11.6. The molecule has 0 aliphatic rings. The molecule has 1 amide bonds. The van der Waals surface area contributed by atoms with Gasteiger partial charge < -0.3 is 10.1 Å². The standard InChI is InChI=1S/C15H20N4O4S/c1-10-8-14(19(4)17-10)16-15(20)11-6-7-12(23-5)13(9-11)24(21,22)18(2)3/h6-9H,1-5H3,(H,16,20). The van der Waals surface area contributed by atoms with Crippen LogP contribution in [0.1, 0.15) is 16.1 Å². The molecule has 1 aromatic carbocycles. The maximum absolute atomic E-state index is 12.4. The molecule has 1 heterocycles. The van der Waals surface area contributed by atoms with E-state index in [9.17, 15) is 13.2 Å². The summed E-state index contributed by atoms with van der Waals surface area (Å²) >= 11 is 0. The lowest BCUT2D eigenvalue weighted by molar-refractivity contribution is 0.102. The Balaban J connectivity index is 2.41. The third-order valence-electron chi connectivity index (χ3n) is 3.43. The Bertz CT molecular complexity index is 872. The van der Waals surface area contributed by atoms with Gasteiger partial charge in [-0.3, -0.25) is 9.48 Å². The molecule has 8 nitrogen and oxygen atoms in total. The zero-order chi connectivity index (χ0) is 18.1. The van der Waals surface area contributed by atoms with E-state index in [4.69, 9.17) is 4.74 Å². The first kappa shape index (κ1) is 18.0. The highest BCUT2D eigenvalue weighted by Crippen LogP contribution is 2.27. The van der Waals surface area contributed by atoms with E-state index in [1.54, 1.807) is 13.1 Å². The van der Waals surface area contributed by atoms with E-state index >= 15 is 0 Å². The van der Waals surface area contributed by atoms with Crippen LogP contribution in [-0.4, -0.2) is 49.6 Å². The van der Waals surface area contributed by atoms with Crippen molar-refractivity contribution in [3.05, 3.63) is 35.5 Å². The number of hydrogen-bond acceptors (Lipinski definition) is 5. The first-order chi connectivity index (χ1) is 11.2. The molecule has 24 heavy (non-hydrogen) atoms. The van der Waals surface area contributed by atoms with Crippen LogP contribution in [0, 0.1) is 6.92 Å². The number of anilines is 1. The van der Waals surface area contributed by atoms with Crippen LogP contribution in [0.25, 0.3) is 0 Å². The van der Waals surface area contributed by atoms with Crippen LogP contribution in [0.5, 0.6) is 5.75 Å². The van der Waals surface area contributed by atoms with Crippen molar-refractivity contribution in [2.24, 2.45) is 7.05 Å². The first-order valence-corrected chi connectivity index (χ1v) is 8.53. The summed E-state index contributed by atoms with van der Waals surface area (Å²) in [5.74, 6) is 0.262. The minimum Gasteiger partial charge on any atom is -0.495 e. The number of rotatable bonds is 5. The minimum absolute atomic E-state index is 0.0659. The summed E-state index contributed by atoms with van der Waals surface area (Å²) in [5, 5.41) is 6.85. The summed E-state index contributed by atoms with van der Waals surface area (Å²) < 4.78 is 32.5. The van der Waals surface area contributed by atoms with Crippen molar-refractivity contribution in [1.29, 1.82) is 0 Å². The van der Waals surface area contributed by atoms with Crippen molar-refractivity contribution in [3.8, 4) is 5.75 Å². The molecular weight excluding hydrogens is 332 g/mol. The maximum Gasteiger partial charge on any atom is 0.256 e. The second-order valence-corrected chi connectivity index (χ2v) is 7.52. The lowest BCUT2D eigenvalue weighted by Gasteiger charge is -2.15. The molecular formula is C15H20N4O4S. The number of methoxy groups -OCH3 is 1. The van der Waals surface area contributed by atoms with Crippen molar-refractivity contribution in [2.45, 2.75) is 11.8 Å². The van der Waals surface area contributed by atoms with Crippen LogP contribution >= 0.6 is 0 Å². The fraction of sp³-hybridized carbons (Fsp3) is 0.333. The molecule has 2 rings (SSSR count). The van der Waals surface area contributed by atoms with Gasteiger partial charge in [-0.1, -0.05) is 0 Å². The molecule has 0 bridgehead atoms. The van der Waals surface area contributed by atoms with Gasteiger partial charge >= 0.3 is 0 Å². The fourth-order valence-corrected chi connectivity index (χ4v) is 3.21. The fourth-order valence-electron chi connectivity index (χ4n) is 2.13. The molecule has 0 aliphatic carbocycles. The highest BCUT2D eigenvalue weighted by atomic mass is 32.2. The quantitative estimate of drug-likeness (QED) is 0.874. The van der Waals surface area contributed by atoms with Crippen molar-refractivity contribution in [3.63, 3.8) is 0 Å². The Morgan fingerprint density at radius 1 is 1.29 bits per heavy atom. The molecule has 0 spiro atoms. The summed E-state index contributed by atoms with van der Waals surface area (Å²) in [6.07, 6.45) is 0. The van der Waals surface area contributed by atoms with E-state index in [-0.39, 0.29) is 16.2 Å². The number of sulfonamides is 1. The van der Waals surface area contributed by atoms with E-state index in [2.05, 4.69) is 10.4 Å². The highest BCUT2D eigenvalue weighted by Gasteiger charge is 2.24. The van der Waals surface area contributed by atoms with Gasteiger partial charge in [0.1, 0.15) is 16.5 Å². The summed E-state index contributed by atoms with van der Waals surface area (Å²) in [5.41, 5.74) is 0.966. The van der Waals surface area contributed by atoms with Gasteiger partial charge in [-0.25, -0.2) is 12.7 Å². The lowest BCUT2D eigenvalue weighted by atomic mass is 10.2. The molecule has 130 valence electrons. The summed E-state index contributed by atoms with van der Waals surface area (Å²) in [4.78, 5) is 12.4. The zero-order valence-corrected chi connectivity index (χ0v) is 15.0. The number of nitrogens with zero attached hydrogens (tertiary/aromatic N) is 3. The van der Waals surface area contributed by atoms with Crippen molar-refractivity contribution in [2.75, 3.05) is 26.5 Å². The SMILES string of the molecule is COc1ccc(C(=O)Nc2cc(C)nn2C)cc1S(=O)(=O)N(C)C. The van der Waals surface area contributed by atoms with Gasteiger partial charge in [0.2, 0.25) is 10.0 Å². The monoisotopic (exact) mass is 352 g/mol. The van der Waals surface area contributed by atoms with Gasteiger partial charge in [0.25, 0.3) is 5.91 Å². The van der Waals surface area contributed by atoms with Gasteiger partial charge in [0.05, 0.1) is 12.8 Å². The lowest BCUT2D eigenvalue weighted by Crippen LogP contribution is -2.23. The Morgan fingerprint density at radius 3 is 2.46 bits per heavy atom. The molecule has 0 saturated carbocycles. The van der Waals surface area contributed by atoms with E-state index < -0.39 is 15.9 Å². The topological polar surface area (TPSA) is 93.5 Å². The number of carbonyl (C=O) groups excluding carboxylic acids is 1. The average molecular weight is 352 g/mol. The summed E-state index contributed by atoms with van der Waals surface area (Å²) in [6.45, 7) is 1.81. The van der Waals surface area contributed by atoms with Crippen LogP contribution in [-0.2, 0) is 17.1 Å². The molecule has 0 atom stereocenters.